The molecule has 1 rings (SSSR count). The lowest BCUT2D eigenvalue weighted by atomic mass is 9.71. The van der Waals surface area contributed by atoms with E-state index in [1.807, 2.05) is 0 Å². The topological polar surface area (TPSA) is 149 Å². The van der Waals surface area contributed by atoms with Gasteiger partial charge in [0.2, 0.25) is 0 Å². The average Bonchev–Trinajstić information content (AvgIpc) is 2.48. The van der Waals surface area contributed by atoms with Crippen molar-refractivity contribution in [3.63, 3.8) is 0 Å². The summed E-state index contributed by atoms with van der Waals surface area (Å²) in [6.07, 6.45) is 3.65. The van der Waals surface area contributed by atoms with Gasteiger partial charge in [-0.05, 0) is 49.9 Å². The maximum atomic E-state index is 11.0. The Bertz CT molecular complexity index is 487. The minimum absolute atomic E-state index is 0.0687. The van der Waals surface area contributed by atoms with Gasteiger partial charge in [0.1, 0.15) is 0 Å². The SMILES string of the molecule is CC1CCC(CCC(C(=O)O)C(=O)O)CC1CCC(C(=O)O)C(=O)O. The summed E-state index contributed by atoms with van der Waals surface area (Å²) >= 11 is 0. The molecule has 1 aliphatic carbocycles. The van der Waals surface area contributed by atoms with E-state index < -0.39 is 35.7 Å². The van der Waals surface area contributed by atoms with Crippen LogP contribution in [-0.2, 0) is 19.2 Å². The molecule has 8 nitrogen and oxygen atoms in total. The molecule has 4 N–H and O–H groups in total. The third kappa shape index (κ3) is 6.36. The number of hydrogen-bond acceptors (Lipinski definition) is 4. The third-order valence-corrected chi connectivity index (χ3v) is 5.35. The molecule has 25 heavy (non-hydrogen) atoms. The number of carboxylic acid groups (broad SMARTS) is 4. The van der Waals surface area contributed by atoms with Crippen molar-refractivity contribution in [1.29, 1.82) is 0 Å². The zero-order chi connectivity index (χ0) is 19.1. The molecule has 3 atom stereocenters. The van der Waals surface area contributed by atoms with Gasteiger partial charge in [0.25, 0.3) is 0 Å². The highest BCUT2D eigenvalue weighted by Gasteiger charge is 2.33. The van der Waals surface area contributed by atoms with Gasteiger partial charge < -0.3 is 20.4 Å². The van der Waals surface area contributed by atoms with E-state index >= 15 is 0 Å². The van der Waals surface area contributed by atoms with Gasteiger partial charge in [-0.2, -0.15) is 0 Å². The Balaban J connectivity index is 2.56. The molecular formula is C17H26O8. The van der Waals surface area contributed by atoms with Crippen molar-refractivity contribution in [2.75, 3.05) is 0 Å². The zero-order valence-corrected chi connectivity index (χ0v) is 14.3. The molecule has 0 aromatic heterocycles. The molecule has 1 aliphatic rings. The Morgan fingerprint density at radius 2 is 1.24 bits per heavy atom. The smallest absolute Gasteiger partial charge is 0.317 e. The highest BCUT2D eigenvalue weighted by atomic mass is 16.4. The van der Waals surface area contributed by atoms with Crippen molar-refractivity contribution in [2.24, 2.45) is 29.6 Å². The van der Waals surface area contributed by atoms with Crippen molar-refractivity contribution in [3.05, 3.63) is 0 Å². The lowest BCUT2D eigenvalue weighted by Gasteiger charge is -2.35. The van der Waals surface area contributed by atoms with Crippen LogP contribution in [0.5, 0.6) is 0 Å². The first kappa shape index (κ1) is 20.9. The molecule has 0 bridgehead atoms. The number of carbonyl (C=O) groups is 4. The number of hydrogen-bond donors (Lipinski definition) is 4. The Labute approximate surface area is 145 Å². The molecule has 0 saturated heterocycles. The maximum absolute atomic E-state index is 11.0. The molecule has 1 fully saturated rings. The average molecular weight is 358 g/mol. The summed E-state index contributed by atoms with van der Waals surface area (Å²) in [4.78, 5) is 43.8. The predicted octanol–water partition coefficient (Wildman–Crippen LogP) is 2.17. The summed E-state index contributed by atoms with van der Waals surface area (Å²) in [7, 11) is 0. The molecule has 142 valence electrons. The second-order valence-electron chi connectivity index (χ2n) is 7.03. The van der Waals surface area contributed by atoms with Crippen molar-refractivity contribution in [2.45, 2.75) is 51.9 Å². The predicted molar refractivity (Wildman–Crippen MR) is 86.0 cm³/mol. The van der Waals surface area contributed by atoms with Gasteiger partial charge >= 0.3 is 23.9 Å². The fourth-order valence-electron chi connectivity index (χ4n) is 3.67. The molecule has 0 aliphatic heterocycles. The zero-order valence-electron chi connectivity index (χ0n) is 14.3. The van der Waals surface area contributed by atoms with Crippen LogP contribution in [-0.4, -0.2) is 44.3 Å². The highest BCUT2D eigenvalue weighted by Crippen LogP contribution is 2.39. The van der Waals surface area contributed by atoms with E-state index in [0.717, 1.165) is 19.3 Å². The maximum Gasteiger partial charge on any atom is 0.317 e. The minimum atomic E-state index is -1.41. The van der Waals surface area contributed by atoms with Crippen LogP contribution in [0.25, 0.3) is 0 Å². The highest BCUT2D eigenvalue weighted by molar-refractivity contribution is 5.93. The summed E-state index contributed by atoms with van der Waals surface area (Å²) < 4.78 is 0. The minimum Gasteiger partial charge on any atom is -0.481 e. The fraction of sp³-hybridized carbons (Fsp3) is 0.765. The van der Waals surface area contributed by atoms with E-state index in [9.17, 15) is 19.2 Å². The number of rotatable bonds is 10. The van der Waals surface area contributed by atoms with Crippen LogP contribution in [0, 0.1) is 29.6 Å². The third-order valence-electron chi connectivity index (χ3n) is 5.35. The molecule has 0 aromatic carbocycles. The molecule has 1 saturated carbocycles. The van der Waals surface area contributed by atoms with Gasteiger partial charge in [-0.1, -0.05) is 19.8 Å². The van der Waals surface area contributed by atoms with Gasteiger partial charge in [-0.15, -0.1) is 0 Å². The summed E-state index contributed by atoms with van der Waals surface area (Å²) in [6.45, 7) is 2.05. The van der Waals surface area contributed by atoms with Crippen LogP contribution in [0.15, 0.2) is 0 Å². The van der Waals surface area contributed by atoms with E-state index in [1.54, 1.807) is 0 Å². The standard InChI is InChI=1S/C17H26O8/c1-9-2-3-10(4-6-12(14(18)19)15(20)21)8-11(9)5-7-13(16(22)23)17(24)25/h9-13H,2-8H2,1H3,(H,18,19)(H,20,21)(H,22,23)(H,24,25). The Kier molecular flexibility index (Phi) is 7.86. The number of carboxylic acids is 4. The Morgan fingerprint density at radius 3 is 1.68 bits per heavy atom. The van der Waals surface area contributed by atoms with Crippen LogP contribution in [0.3, 0.4) is 0 Å². The molecule has 8 heteroatoms. The first-order chi connectivity index (χ1) is 11.6. The van der Waals surface area contributed by atoms with E-state index in [4.69, 9.17) is 20.4 Å². The largest absolute Gasteiger partial charge is 0.481 e. The van der Waals surface area contributed by atoms with Crippen molar-refractivity contribution in [1.82, 2.24) is 0 Å². The summed E-state index contributed by atoms with van der Waals surface area (Å²) in [5, 5.41) is 35.7. The lowest BCUT2D eigenvalue weighted by Crippen LogP contribution is -2.29. The van der Waals surface area contributed by atoms with Gasteiger partial charge in [0.15, 0.2) is 11.8 Å². The fourth-order valence-corrected chi connectivity index (χ4v) is 3.67. The van der Waals surface area contributed by atoms with E-state index in [-0.39, 0.29) is 24.7 Å². The molecule has 3 unspecified atom stereocenters. The van der Waals surface area contributed by atoms with Crippen LogP contribution < -0.4 is 0 Å². The van der Waals surface area contributed by atoms with Gasteiger partial charge in [0, 0.05) is 0 Å². The molecular weight excluding hydrogens is 332 g/mol. The second kappa shape index (κ2) is 9.39. The summed E-state index contributed by atoms with van der Waals surface area (Å²) in [6, 6.07) is 0. The van der Waals surface area contributed by atoms with Crippen LogP contribution in [0.4, 0.5) is 0 Å². The molecule has 0 amide bonds. The lowest BCUT2D eigenvalue weighted by molar-refractivity contribution is -0.156. The van der Waals surface area contributed by atoms with Crippen molar-refractivity contribution in [3.8, 4) is 0 Å². The van der Waals surface area contributed by atoms with Crippen molar-refractivity contribution >= 4 is 23.9 Å². The quantitative estimate of drug-likeness (QED) is 0.434. The molecule has 0 heterocycles. The summed E-state index contributed by atoms with van der Waals surface area (Å²) in [5.41, 5.74) is 0. The van der Waals surface area contributed by atoms with Gasteiger partial charge in [-0.3, -0.25) is 19.2 Å². The molecule has 0 aromatic rings. The van der Waals surface area contributed by atoms with Crippen LogP contribution >= 0.6 is 0 Å². The van der Waals surface area contributed by atoms with E-state index in [2.05, 4.69) is 6.92 Å². The Hall–Kier alpha value is -2.12. The Morgan fingerprint density at radius 1 is 0.800 bits per heavy atom. The molecule has 0 radical (unpaired) electrons. The second-order valence-corrected chi connectivity index (χ2v) is 7.03. The van der Waals surface area contributed by atoms with E-state index in [0.29, 0.717) is 18.8 Å². The van der Waals surface area contributed by atoms with Crippen molar-refractivity contribution < 1.29 is 39.6 Å². The first-order valence-corrected chi connectivity index (χ1v) is 8.54. The van der Waals surface area contributed by atoms with Gasteiger partial charge in [-0.25, -0.2) is 0 Å². The van der Waals surface area contributed by atoms with Gasteiger partial charge in [0.05, 0.1) is 0 Å². The van der Waals surface area contributed by atoms with Crippen LogP contribution in [0.1, 0.15) is 51.9 Å². The first-order valence-electron chi connectivity index (χ1n) is 8.54. The van der Waals surface area contributed by atoms with E-state index in [1.165, 1.54) is 0 Å². The summed E-state index contributed by atoms with van der Waals surface area (Å²) in [5.74, 6) is -7.44. The normalized spacial score (nSPS) is 23.6. The number of aliphatic carboxylic acids is 4. The molecule has 0 spiro atoms. The van der Waals surface area contributed by atoms with Crippen LogP contribution in [0.2, 0.25) is 0 Å². The monoisotopic (exact) mass is 358 g/mol.